The standard InChI is InChI=1S/C13H11N3S/c14-13-16(7-8-17-13)9-11-4-1-3-10-5-2-6-15-12(10)11/h1-8,14H,9H2. The summed E-state index contributed by atoms with van der Waals surface area (Å²) in [6.07, 6.45) is 3.75. The second kappa shape index (κ2) is 4.14. The van der Waals surface area contributed by atoms with Crippen molar-refractivity contribution in [3.05, 3.63) is 58.5 Å². The molecule has 0 saturated heterocycles. The average Bonchev–Trinajstić information content (AvgIpc) is 2.76. The monoisotopic (exact) mass is 241 g/mol. The second-order valence-corrected chi connectivity index (χ2v) is 4.72. The Morgan fingerprint density at radius 2 is 2.12 bits per heavy atom. The number of nitrogens with one attached hydrogen (secondary N) is 1. The van der Waals surface area contributed by atoms with Crippen LogP contribution in [0.2, 0.25) is 0 Å². The Bertz CT molecular complexity index is 706. The van der Waals surface area contributed by atoms with Gasteiger partial charge in [-0.2, -0.15) is 0 Å². The highest BCUT2D eigenvalue weighted by molar-refractivity contribution is 7.06. The van der Waals surface area contributed by atoms with Crippen molar-refractivity contribution in [1.29, 1.82) is 5.41 Å². The molecule has 0 fully saturated rings. The van der Waals surface area contributed by atoms with Gasteiger partial charge in [0.1, 0.15) is 0 Å². The number of pyridine rings is 1. The molecule has 0 atom stereocenters. The molecule has 0 spiro atoms. The molecule has 17 heavy (non-hydrogen) atoms. The van der Waals surface area contributed by atoms with Crippen LogP contribution in [-0.4, -0.2) is 9.55 Å². The maximum atomic E-state index is 7.77. The number of fused-ring (bicyclic) bond motifs is 1. The predicted octanol–water partition coefficient (Wildman–Crippen LogP) is 2.63. The van der Waals surface area contributed by atoms with Crippen LogP contribution in [0.4, 0.5) is 0 Å². The van der Waals surface area contributed by atoms with Gasteiger partial charge in [0.05, 0.1) is 12.1 Å². The van der Waals surface area contributed by atoms with Gasteiger partial charge in [0.25, 0.3) is 0 Å². The summed E-state index contributed by atoms with van der Waals surface area (Å²) in [7, 11) is 0. The van der Waals surface area contributed by atoms with Crippen molar-refractivity contribution in [2.24, 2.45) is 0 Å². The molecule has 3 rings (SSSR count). The summed E-state index contributed by atoms with van der Waals surface area (Å²) in [5, 5.41) is 10.8. The molecule has 0 bridgehead atoms. The summed E-state index contributed by atoms with van der Waals surface area (Å²) in [5.74, 6) is 0. The highest BCUT2D eigenvalue weighted by atomic mass is 32.1. The number of hydrogen-bond donors (Lipinski definition) is 1. The first-order valence-electron chi connectivity index (χ1n) is 5.36. The Morgan fingerprint density at radius 3 is 2.94 bits per heavy atom. The summed E-state index contributed by atoms with van der Waals surface area (Å²) in [6, 6.07) is 10.2. The lowest BCUT2D eigenvalue weighted by Crippen LogP contribution is -2.13. The van der Waals surface area contributed by atoms with E-state index in [1.165, 1.54) is 11.3 Å². The van der Waals surface area contributed by atoms with E-state index in [1.807, 2.05) is 34.5 Å². The van der Waals surface area contributed by atoms with Crippen LogP contribution in [0, 0.1) is 5.41 Å². The van der Waals surface area contributed by atoms with Crippen LogP contribution in [0.25, 0.3) is 10.9 Å². The van der Waals surface area contributed by atoms with E-state index in [-0.39, 0.29) is 0 Å². The largest absolute Gasteiger partial charge is 0.320 e. The van der Waals surface area contributed by atoms with Crippen molar-refractivity contribution >= 4 is 22.2 Å². The van der Waals surface area contributed by atoms with E-state index in [9.17, 15) is 0 Å². The summed E-state index contributed by atoms with van der Waals surface area (Å²) in [5.41, 5.74) is 2.17. The van der Waals surface area contributed by atoms with Gasteiger partial charge in [-0.1, -0.05) is 24.3 Å². The topological polar surface area (TPSA) is 41.7 Å². The smallest absolute Gasteiger partial charge is 0.182 e. The summed E-state index contributed by atoms with van der Waals surface area (Å²) in [6.45, 7) is 0.705. The normalized spacial score (nSPS) is 10.8. The van der Waals surface area contributed by atoms with Gasteiger partial charge >= 0.3 is 0 Å². The van der Waals surface area contributed by atoms with Gasteiger partial charge in [0, 0.05) is 23.2 Å². The number of aromatic nitrogens is 2. The Kier molecular flexibility index (Phi) is 2.49. The molecule has 0 aliphatic rings. The minimum absolute atomic E-state index is 0.568. The molecule has 0 unspecified atom stereocenters. The maximum absolute atomic E-state index is 7.77. The first-order valence-corrected chi connectivity index (χ1v) is 6.24. The van der Waals surface area contributed by atoms with E-state index in [0.717, 1.165) is 16.5 Å². The minimum atomic E-state index is 0.568. The third-order valence-electron chi connectivity index (χ3n) is 2.74. The van der Waals surface area contributed by atoms with E-state index in [0.29, 0.717) is 11.3 Å². The lowest BCUT2D eigenvalue weighted by molar-refractivity contribution is 0.763. The lowest BCUT2D eigenvalue weighted by atomic mass is 10.1. The van der Waals surface area contributed by atoms with E-state index >= 15 is 0 Å². The zero-order chi connectivity index (χ0) is 11.7. The number of para-hydroxylation sites is 1. The zero-order valence-corrected chi connectivity index (χ0v) is 9.95. The molecule has 4 heteroatoms. The number of nitrogens with zero attached hydrogens (tertiary/aromatic N) is 2. The number of hydrogen-bond acceptors (Lipinski definition) is 3. The molecule has 1 N–H and O–H groups in total. The van der Waals surface area contributed by atoms with Gasteiger partial charge in [-0.05, 0) is 11.6 Å². The van der Waals surface area contributed by atoms with Crippen LogP contribution >= 0.6 is 11.3 Å². The fourth-order valence-electron chi connectivity index (χ4n) is 1.91. The van der Waals surface area contributed by atoms with Crippen LogP contribution < -0.4 is 4.80 Å². The zero-order valence-electron chi connectivity index (χ0n) is 9.13. The van der Waals surface area contributed by atoms with E-state index in [2.05, 4.69) is 23.2 Å². The highest BCUT2D eigenvalue weighted by Crippen LogP contribution is 2.16. The Hall–Kier alpha value is -1.94. The Morgan fingerprint density at radius 1 is 1.24 bits per heavy atom. The third kappa shape index (κ3) is 1.87. The molecular formula is C13H11N3S. The first-order chi connectivity index (χ1) is 8.34. The Balaban J connectivity index is 2.12. The molecule has 2 heterocycles. The number of benzene rings is 1. The highest BCUT2D eigenvalue weighted by Gasteiger charge is 2.02. The molecule has 3 nitrogen and oxygen atoms in total. The lowest BCUT2D eigenvalue weighted by Gasteiger charge is -2.06. The van der Waals surface area contributed by atoms with Gasteiger partial charge < -0.3 is 4.57 Å². The van der Waals surface area contributed by atoms with Crippen LogP contribution in [0.3, 0.4) is 0 Å². The van der Waals surface area contributed by atoms with Crippen molar-refractivity contribution in [2.75, 3.05) is 0 Å². The van der Waals surface area contributed by atoms with Gasteiger partial charge in [0.2, 0.25) is 0 Å². The van der Waals surface area contributed by atoms with Crippen molar-refractivity contribution in [1.82, 2.24) is 9.55 Å². The van der Waals surface area contributed by atoms with E-state index in [1.54, 1.807) is 0 Å². The molecule has 0 amide bonds. The summed E-state index contributed by atoms with van der Waals surface area (Å²) < 4.78 is 1.92. The number of rotatable bonds is 2. The fraction of sp³-hybridized carbons (Fsp3) is 0.0769. The van der Waals surface area contributed by atoms with Crippen LogP contribution in [-0.2, 0) is 6.54 Å². The van der Waals surface area contributed by atoms with Gasteiger partial charge in [0.15, 0.2) is 4.80 Å². The summed E-state index contributed by atoms with van der Waals surface area (Å²) >= 11 is 1.44. The number of thiazole rings is 1. The fourth-order valence-corrected chi connectivity index (χ4v) is 2.50. The quantitative estimate of drug-likeness (QED) is 0.736. The second-order valence-electron chi connectivity index (χ2n) is 3.83. The summed E-state index contributed by atoms with van der Waals surface area (Å²) in [4.78, 5) is 4.99. The van der Waals surface area contributed by atoms with Crippen LogP contribution in [0.5, 0.6) is 0 Å². The molecule has 0 aliphatic heterocycles. The molecule has 0 saturated carbocycles. The van der Waals surface area contributed by atoms with Gasteiger partial charge in [-0.25, -0.2) is 0 Å². The minimum Gasteiger partial charge on any atom is -0.320 e. The van der Waals surface area contributed by atoms with E-state index < -0.39 is 0 Å². The van der Waals surface area contributed by atoms with Crippen molar-refractivity contribution in [2.45, 2.75) is 6.54 Å². The van der Waals surface area contributed by atoms with Gasteiger partial charge in [-0.3, -0.25) is 10.4 Å². The molecule has 84 valence electrons. The predicted molar refractivity (Wildman–Crippen MR) is 69.0 cm³/mol. The molecule has 0 radical (unpaired) electrons. The SMILES string of the molecule is N=c1sccn1Cc1cccc2cccnc12. The maximum Gasteiger partial charge on any atom is 0.182 e. The molecule has 2 aromatic heterocycles. The van der Waals surface area contributed by atoms with E-state index in [4.69, 9.17) is 5.41 Å². The Labute approximate surface area is 103 Å². The molecule has 0 aliphatic carbocycles. The molecule has 3 aromatic rings. The third-order valence-corrected chi connectivity index (χ3v) is 3.45. The van der Waals surface area contributed by atoms with Gasteiger partial charge in [-0.15, -0.1) is 11.3 Å². The average molecular weight is 241 g/mol. The van der Waals surface area contributed by atoms with Crippen molar-refractivity contribution < 1.29 is 0 Å². The van der Waals surface area contributed by atoms with Crippen LogP contribution in [0.1, 0.15) is 5.56 Å². The first kappa shape index (κ1) is 10.2. The molecular weight excluding hydrogens is 230 g/mol. The van der Waals surface area contributed by atoms with Crippen LogP contribution in [0.15, 0.2) is 48.1 Å². The van der Waals surface area contributed by atoms with Crippen molar-refractivity contribution in [3.8, 4) is 0 Å². The molecule has 1 aromatic carbocycles. The van der Waals surface area contributed by atoms with Crippen molar-refractivity contribution in [3.63, 3.8) is 0 Å².